The summed E-state index contributed by atoms with van der Waals surface area (Å²) in [4.78, 5) is -0.147. The fourth-order valence-corrected chi connectivity index (χ4v) is 2.76. The largest absolute Gasteiger partial charge is 0.295 e. The van der Waals surface area contributed by atoms with Crippen molar-refractivity contribution >= 4 is 21.5 Å². The van der Waals surface area contributed by atoms with E-state index >= 15 is 0 Å². The Hall–Kier alpha value is -1.31. The molecular weight excluding hydrogens is 248 g/mol. The molecule has 0 atom stereocenters. The standard InChI is InChI=1S/C9H8N2O3S2/c1-6-10-11-9(15-6)7-4-2-3-5-8(7)16(12,13)14/h2-5H,1H3,(H,12,13,14). The molecule has 2 rings (SSSR count). The van der Waals surface area contributed by atoms with Crippen LogP contribution in [-0.4, -0.2) is 23.2 Å². The van der Waals surface area contributed by atoms with E-state index in [4.69, 9.17) is 4.55 Å². The quantitative estimate of drug-likeness (QED) is 0.828. The van der Waals surface area contributed by atoms with Gasteiger partial charge in [-0.3, -0.25) is 4.55 Å². The van der Waals surface area contributed by atoms with E-state index in [-0.39, 0.29) is 4.90 Å². The lowest BCUT2D eigenvalue weighted by atomic mass is 10.2. The minimum Gasteiger partial charge on any atom is -0.282 e. The van der Waals surface area contributed by atoms with Gasteiger partial charge in [0.2, 0.25) is 0 Å². The van der Waals surface area contributed by atoms with Crippen LogP contribution in [0.5, 0.6) is 0 Å². The van der Waals surface area contributed by atoms with Gasteiger partial charge < -0.3 is 0 Å². The van der Waals surface area contributed by atoms with Crippen LogP contribution in [0.15, 0.2) is 29.2 Å². The Morgan fingerprint density at radius 3 is 2.50 bits per heavy atom. The summed E-state index contributed by atoms with van der Waals surface area (Å²) < 4.78 is 31.4. The van der Waals surface area contributed by atoms with Crippen molar-refractivity contribution in [3.8, 4) is 10.6 Å². The third-order valence-electron chi connectivity index (χ3n) is 1.92. The fourth-order valence-electron chi connectivity index (χ4n) is 1.27. The van der Waals surface area contributed by atoms with Gasteiger partial charge in [0, 0.05) is 5.56 Å². The first-order chi connectivity index (χ1) is 7.48. The van der Waals surface area contributed by atoms with Crippen LogP contribution in [0.4, 0.5) is 0 Å². The summed E-state index contributed by atoms with van der Waals surface area (Å²) >= 11 is 1.27. The summed E-state index contributed by atoms with van der Waals surface area (Å²) in [6, 6.07) is 6.14. The van der Waals surface area contributed by atoms with Crippen molar-refractivity contribution in [2.24, 2.45) is 0 Å². The molecule has 1 heterocycles. The van der Waals surface area contributed by atoms with Crippen molar-refractivity contribution in [2.45, 2.75) is 11.8 Å². The van der Waals surface area contributed by atoms with Crippen molar-refractivity contribution in [3.05, 3.63) is 29.3 Å². The van der Waals surface area contributed by atoms with Crippen LogP contribution in [0.3, 0.4) is 0 Å². The van der Waals surface area contributed by atoms with E-state index in [1.165, 1.54) is 17.4 Å². The summed E-state index contributed by atoms with van der Waals surface area (Å²) in [5.74, 6) is 0. The number of hydrogen-bond donors (Lipinski definition) is 1. The summed E-state index contributed by atoms with van der Waals surface area (Å²) in [6.07, 6.45) is 0. The Labute approximate surface area is 96.5 Å². The van der Waals surface area contributed by atoms with Crippen molar-refractivity contribution in [2.75, 3.05) is 0 Å². The first-order valence-corrected chi connectivity index (χ1v) is 6.61. The van der Waals surface area contributed by atoms with E-state index in [0.29, 0.717) is 10.6 Å². The zero-order valence-electron chi connectivity index (χ0n) is 8.28. The molecular formula is C9H8N2O3S2. The Kier molecular flexibility index (Phi) is 2.75. The van der Waals surface area contributed by atoms with Gasteiger partial charge in [-0.25, -0.2) is 0 Å². The first kappa shape index (κ1) is 11.2. The highest BCUT2D eigenvalue weighted by molar-refractivity contribution is 7.86. The van der Waals surface area contributed by atoms with Crippen molar-refractivity contribution in [3.63, 3.8) is 0 Å². The van der Waals surface area contributed by atoms with Gasteiger partial charge in [-0.2, -0.15) is 8.42 Å². The summed E-state index contributed by atoms with van der Waals surface area (Å²) in [5.41, 5.74) is 0.371. The van der Waals surface area contributed by atoms with Crippen LogP contribution in [0.25, 0.3) is 10.6 Å². The van der Waals surface area contributed by atoms with Gasteiger partial charge in [0.15, 0.2) is 0 Å². The van der Waals surface area contributed by atoms with Gasteiger partial charge in [-0.15, -0.1) is 10.2 Å². The maximum atomic E-state index is 11.1. The third-order valence-corrected chi connectivity index (χ3v) is 3.71. The van der Waals surface area contributed by atoms with Crippen LogP contribution < -0.4 is 0 Å². The van der Waals surface area contributed by atoms with Gasteiger partial charge in [-0.1, -0.05) is 29.5 Å². The maximum absolute atomic E-state index is 11.1. The maximum Gasteiger partial charge on any atom is 0.295 e. The molecule has 1 N–H and O–H groups in total. The van der Waals surface area contributed by atoms with Gasteiger partial charge in [0.05, 0.1) is 0 Å². The highest BCUT2D eigenvalue weighted by atomic mass is 32.2. The number of aromatic nitrogens is 2. The molecule has 0 aliphatic heterocycles. The number of nitrogens with zero attached hydrogens (tertiary/aromatic N) is 2. The van der Waals surface area contributed by atoms with Crippen molar-refractivity contribution in [1.29, 1.82) is 0 Å². The van der Waals surface area contributed by atoms with E-state index < -0.39 is 10.1 Å². The van der Waals surface area contributed by atoms with Crippen LogP contribution >= 0.6 is 11.3 Å². The molecule has 84 valence electrons. The van der Waals surface area contributed by atoms with E-state index in [1.807, 2.05) is 0 Å². The second-order valence-electron chi connectivity index (χ2n) is 3.10. The molecule has 0 amide bonds. The van der Waals surface area contributed by atoms with Gasteiger partial charge in [0.1, 0.15) is 14.9 Å². The summed E-state index contributed by atoms with van der Waals surface area (Å²) in [6.45, 7) is 1.78. The Morgan fingerprint density at radius 2 is 1.94 bits per heavy atom. The smallest absolute Gasteiger partial charge is 0.282 e. The van der Waals surface area contributed by atoms with Gasteiger partial charge in [-0.05, 0) is 13.0 Å². The predicted octanol–water partition coefficient (Wildman–Crippen LogP) is 1.76. The van der Waals surface area contributed by atoms with Crippen molar-refractivity contribution in [1.82, 2.24) is 10.2 Å². The van der Waals surface area contributed by atoms with Crippen LogP contribution in [-0.2, 0) is 10.1 Å². The Balaban J connectivity index is 2.66. The fraction of sp³-hybridized carbons (Fsp3) is 0.111. The predicted molar refractivity (Wildman–Crippen MR) is 59.9 cm³/mol. The molecule has 0 aliphatic carbocycles. The van der Waals surface area contributed by atoms with Crippen LogP contribution in [0, 0.1) is 6.92 Å². The molecule has 1 aromatic carbocycles. The third kappa shape index (κ3) is 2.11. The number of hydrogen-bond acceptors (Lipinski definition) is 5. The van der Waals surface area contributed by atoms with E-state index in [0.717, 1.165) is 5.01 Å². The normalized spacial score (nSPS) is 11.6. The van der Waals surface area contributed by atoms with E-state index in [1.54, 1.807) is 25.1 Å². The molecule has 0 unspecified atom stereocenters. The molecule has 16 heavy (non-hydrogen) atoms. The van der Waals surface area contributed by atoms with Crippen LogP contribution in [0.2, 0.25) is 0 Å². The second-order valence-corrected chi connectivity index (χ2v) is 5.67. The van der Waals surface area contributed by atoms with E-state index in [9.17, 15) is 8.42 Å². The van der Waals surface area contributed by atoms with Gasteiger partial charge >= 0.3 is 0 Å². The van der Waals surface area contributed by atoms with Crippen molar-refractivity contribution < 1.29 is 13.0 Å². The molecule has 0 saturated heterocycles. The molecule has 0 bridgehead atoms. The molecule has 0 radical (unpaired) electrons. The lowest BCUT2D eigenvalue weighted by Crippen LogP contribution is -2.00. The number of rotatable bonds is 2. The zero-order chi connectivity index (χ0) is 11.8. The SMILES string of the molecule is Cc1nnc(-c2ccccc2S(=O)(=O)O)s1. The average molecular weight is 256 g/mol. The molecule has 0 fully saturated rings. The molecule has 7 heteroatoms. The van der Waals surface area contributed by atoms with Crippen LogP contribution in [0.1, 0.15) is 5.01 Å². The minimum atomic E-state index is -4.23. The highest BCUT2D eigenvalue weighted by Crippen LogP contribution is 2.29. The molecule has 1 aromatic heterocycles. The molecule has 5 nitrogen and oxygen atoms in total. The Bertz CT molecular complexity index is 619. The monoisotopic (exact) mass is 256 g/mol. The zero-order valence-corrected chi connectivity index (χ0v) is 9.92. The van der Waals surface area contributed by atoms with E-state index in [2.05, 4.69) is 10.2 Å². The lowest BCUT2D eigenvalue weighted by Gasteiger charge is -2.02. The summed E-state index contributed by atoms with van der Waals surface area (Å²) in [5, 5.41) is 8.88. The second kappa shape index (κ2) is 3.93. The highest BCUT2D eigenvalue weighted by Gasteiger charge is 2.18. The topological polar surface area (TPSA) is 80.2 Å². The lowest BCUT2D eigenvalue weighted by molar-refractivity contribution is 0.483. The molecule has 0 saturated carbocycles. The average Bonchev–Trinajstić information content (AvgIpc) is 2.64. The molecule has 2 aromatic rings. The summed E-state index contributed by atoms with van der Waals surface area (Å²) in [7, 11) is -4.23. The first-order valence-electron chi connectivity index (χ1n) is 4.35. The Morgan fingerprint density at radius 1 is 1.25 bits per heavy atom. The van der Waals surface area contributed by atoms with Gasteiger partial charge in [0.25, 0.3) is 10.1 Å². The minimum absolute atomic E-state index is 0.147. The number of benzene rings is 1. The molecule has 0 spiro atoms. The number of aryl methyl sites for hydroxylation is 1. The molecule has 0 aliphatic rings.